The van der Waals surface area contributed by atoms with Crippen LogP contribution in [0.15, 0.2) is 15.6 Å². The molecule has 2 N–H and O–H groups in total. The molecule has 148 valence electrons. The molecule has 0 saturated carbocycles. The van der Waals surface area contributed by atoms with Crippen molar-refractivity contribution in [2.75, 3.05) is 39.9 Å². The van der Waals surface area contributed by atoms with Crippen molar-refractivity contribution in [2.45, 2.75) is 58.5 Å². The van der Waals surface area contributed by atoms with Crippen molar-refractivity contribution in [3.8, 4) is 0 Å². The molecular weight excluding hydrogens is 330 g/mol. The van der Waals surface area contributed by atoms with Gasteiger partial charge in [-0.05, 0) is 26.3 Å². The SMILES string of the molecule is CCNC(=NCc1ncc(C(C)(C)C)o1)NCC1CCCN1CCOC. The van der Waals surface area contributed by atoms with E-state index in [-0.39, 0.29) is 5.41 Å². The molecule has 0 radical (unpaired) electrons. The van der Waals surface area contributed by atoms with Crippen molar-refractivity contribution in [3.63, 3.8) is 0 Å². The van der Waals surface area contributed by atoms with Crippen LogP contribution in [0.5, 0.6) is 0 Å². The van der Waals surface area contributed by atoms with Gasteiger partial charge in [-0.3, -0.25) is 4.90 Å². The molecule has 0 aromatic carbocycles. The summed E-state index contributed by atoms with van der Waals surface area (Å²) in [5.74, 6) is 2.34. The second-order valence-electron chi connectivity index (χ2n) is 7.77. The molecule has 7 nitrogen and oxygen atoms in total. The molecule has 1 unspecified atom stereocenters. The average Bonchev–Trinajstić information content (AvgIpc) is 3.24. The Kier molecular flexibility index (Phi) is 7.90. The number of ether oxygens (including phenoxy) is 1. The lowest BCUT2D eigenvalue weighted by molar-refractivity contribution is 0.141. The van der Waals surface area contributed by atoms with Gasteiger partial charge in [-0.1, -0.05) is 20.8 Å². The lowest BCUT2D eigenvalue weighted by atomic mass is 9.94. The molecule has 26 heavy (non-hydrogen) atoms. The molecule has 1 aromatic heterocycles. The van der Waals surface area contributed by atoms with Crippen LogP contribution in [-0.4, -0.2) is 61.8 Å². The Hall–Kier alpha value is -1.60. The van der Waals surface area contributed by atoms with Crippen molar-refractivity contribution in [3.05, 3.63) is 17.8 Å². The standard InChI is InChI=1S/C19H35N5O2/c1-6-20-18(22-12-15-8-7-9-24(15)10-11-25-5)23-14-17-21-13-16(26-17)19(2,3)4/h13,15H,6-12,14H2,1-5H3,(H2,20,22,23). The molecule has 0 amide bonds. The molecule has 2 heterocycles. The van der Waals surface area contributed by atoms with Crippen molar-refractivity contribution in [2.24, 2.45) is 4.99 Å². The van der Waals surface area contributed by atoms with E-state index in [2.05, 4.69) is 53.2 Å². The second kappa shape index (κ2) is 9.92. The van der Waals surface area contributed by atoms with Crippen molar-refractivity contribution in [1.82, 2.24) is 20.5 Å². The van der Waals surface area contributed by atoms with Gasteiger partial charge in [-0.2, -0.15) is 0 Å². The number of oxazole rings is 1. The van der Waals surface area contributed by atoms with E-state index in [9.17, 15) is 0 Å². The lowest BCUT2D eigenvalue weighted by Gasteiger charge is -2.25. The third kappa shape index (κ3) is 6.29. The van der Waals surface area contributed by atoms with Gasteiger partial charge in [0.15, 0.2) is 5.96 Å². The zero-order valence-corrected chi connectivity index (χ0v) is 17.0. The van der Waals surface area contributed by atoms with Crippen LogP contribution < -0.4 is 10.6 Å². The first-order valence-electron chi connectivity index (χ1n) is 9.64. The van der Waals surface area contributed by atoms with Gasteiger partial charge in [0.25, 0.3) is 0 Å². The predicted octanol–water partition coefficient (Wildman–Crippen LogP) is 2.14. The van der Waals surface area contributed by atoms with E-state index >= 15 is 0 Å². The molecule has 2 rings (SSSR count). The molecule has 1 aliphatic heterocycles. The number of aromatic nitrogens is 1. The third-order valence-electron chi connectivity index (χ3n) is 4.60. The number of nitrogens with zero attached hydrogens (tertiary/aromatic N) is 3. The van der Waals surface area contributed by atoms with Crippen molar-refractivity contribution in [1.29, 1.82) is 0 Å². The summed E-state index contributed by atoms with van der Waals surface area (Å²) in [4.78, 5) is 11.5. The molecule has 0 spiro atoms. The van der Waals surface area contributed by atoms with E-state index in [1.54, 1.807) is 13.3 Å². The van der Waals surface area contributed by atoms with Crippen molar-refractivity contribution >= 4 is 5.96 Å². The molecule has 1 aliphatic rings. The first-order valence-corrected chi connectivity index (χ1v) is 9.64. The smallest absolute Gasteiger partial charge is 0.216 e. The Balaban J connectivity index is 1.89. The largest absolute Gasteiger partial charge is 0.443 e. The Morgan fingerprint density at radius 3 is 2.88 bits per heavy atom. The molecule has 1 atom stereocenters. The molecular formula is C19H35N5O2. The van der Waals surface area contributed by atoms with E-state index in [0.29, 0.717) is 18.5 Å². The number of methoxy groups -OCH3 is 1. The summed E-state index contributed by atoms with van der Waals surface area (Å²) < 4.78 is 11.0. The van der Waals surface area contributed by atoms with E-state index in [4.69, 9.17) is 9.15 Å². The van der Waals surface area contributed by atoms with Crippen LogP contribution >= 0.6 is 0 Å². The van der Waals surface area contributed by atoms with Gasteiger partial charge in [0.05, 0.1) is 12.8 Å². The van der Waals surface area contributed by atoms with E-state index in [1.807, 2.05) is 0 Å². The Labute approximate surface area is 157 Å². The topological polar surface area (TPSA) is 74.9 Å². The highest BCUT2D eigenvalue weighted by molar-refractivity contribution is 5.79. The summed E-state index contributed by atoms with van der Waals surface area (Å²) in [5, 5.41) is 6.76. The van der Waals surface area contributed by atoms with Crippen LogP contribution in [0.4, 0.5) is 0 Å². The highest BCUT2D eigenvalue weighted by Crippen LogP contribution is 2.22. The zero-order valence-electron chi connectivity index (χ0n) is 17.0. The van der Waals surface area contributed by atoms with Crippen LogP contribution in [-0.2, 0) is 16.7 Å². The maximum atomic E-state index is 5.82. The molecule has 1 fully saturated rings. The Morgan fingerprint density at radius 2 is 2.23 bits per heavy atom. The molecule has 7 heteroatoms. The number of hydrogen-bond donors (Lipinski definition) is 2. The number of hydrogen-bond acceptors (Lipinski definition) is 5. The Bertz CT molecular complexity index is 565. The molecule has 0 bridgehead atoms. The molecule has 0 aliphatic carbocycles. The van der Waals surface area contributed by atoms with Crippen LogP contribution in [0.1, 0.15) is 52.2 Å². The van der Waals surface area contributed by atoms with Gasteiger partial charge in [-0.15, -0.1) is 0 Å². The van der Waals surface area contributed by atoms with E-state index in [1.165, 1.54) is 12.8 Å². The minimum atomic E-state index is -0.0359. The van der Waals surface area contributed by atoms with Crippen LogP contribution in [0, 0.1) is 0 Å². The summed E-state index contributed by atoms with van der Waals surface area (Å²) in [6.07, 6.45) is 4.26. The number of aliphatic imine (C=N–C) groups is 1. The first-order chi connectivity index (χ1) is 12.4. The van der Waals surface area contributed by atoms with E-state index < -0.39 is 0 Å². The normalized spacial score (nSPS) is 19.1. The fraction of sp³-hybridized carbons (Fsp3) is 0.789. The van der Waals surface area contributed by atoms with Gasteiger partial charge in [0.1, 0.15) is 12.3 Å². The van der Waals surface area contributed by atoms with Gasteiger partial charge < -0.3 is 19.8 Å². The maximum absolute atomic E-state index is 5.82. The second-order valence-corrected chi connectivity index (χ2v) is 7.77. The maximum Gasteiger partial charge on any atom is 0.216 e. The summed E-state index contributed by atoms with van der Waals surface area (Å²) in [7, 11) is 1.76. The van der Waals surface area contributed by atoms with Gasteiger partial charge in [-0.25, -0.2) is 9.98 Å². The minimum Gasteiger partial charge on any atom is -0.443 e. The van der Waals surface area contributed by atoms with Crippen molar-refractivity contribution < 1.29 is 9.15 Å². The van der Waals surface area contributed by atoms with E-state index in [0.717, 1.165) is 44.5 Å². The summed E-state index contributed by atoms with van der Waals surface area (Å²) in [5.41, 5.74) is -0.0359. The third-order valence-corrected chi connectivity index (χ3v) is 4.60. The van der Waals surface area contributed by atoms with Crippen LogP contribution in [0.25, 0.3) is 0 Å². The highest BCUT2D eigenvalue weighted by atomic mass is 16.5. The molecule has 1 aromatic rings. The lowest BCUT2D eigenvalue weighted by Crippen LogP contribution is -2.45. The average molecular weight is 366 g/mol. The zero-order chi connectivity index (χ0) is 19.0. The monoisotopic (exact) mass is 365 g/mol. The number of rotatable bonds is 8. The Morgan fingerprint density at radius 1 is 1.42 bits per heavy atom. The fourth-order valence-electron chi connectivity index (χ4n) is 3.06. The van der Waals surface area contributed by atoms with Gasteiger partial charge >= 0.3 is 0 Å². The summed E-state index contributed by atoms with van der Waals surface area (Å²) in [6.45, 7) is 13.5. The van der Waals surface area contributed by atoms with Gasteiger partial charge in [0, 0.05) is 38.2 Å². The fourth-order valence-corrected chi connectivity index (χ4v) is 3.06. The highest BCUT2D eigenvalue weighted by Gasteiger charge is 2.24. The predicted molar refractivity (Wildman–Crippen MR) is 104 cm³/mol. The summed E-state index contributed by atoms with van der Waals surface area (Å²) in [6, 6.07) is 0.531. The minimum absolute atomic E-state index is 0.0359. The number of nitrogens with one attached hydrogen (secondary N) is 2. The van der Waals surface area contributed by atoms with Gasteiger partial charge in [0.2, 0.25) is 5.89 Å². The summed E-state index contributed by atoms with van der Waals surface area (Å²) >= 11 is 0. The first kappa shape index (κ1) is 20.7. The van der Waals surface area contributed by atoms with Crippen LogP contribution in [0.3, 0.4) is 0 Å². The quantitative estimate of drug-likeness (QED) is 0.543. The number of likely N-dealkylation sites (tertiary alicyclic amines) is 1. The van der Waals surface area contributed by atoms with Crippen LogP contribution in [0.2, 0.25) is 0 Å². The molecule has 1 saturated heterocycles. The number of guanidine groups is 1.